The Balaban J connectivity index is 2.11. The number of hydrogen-bond donors (Lipinski definition) is 1. The van der Waals surface area contributed by atoms with Crippen LogP contribution in [0.4, 0.5) is 0 Å². The maximum absolute atomic E-state index is 12.6. The van der Waals surface area contributed by atoms with E-state index >= 15 is 0 Å². The lowest BCUT2D eigenvalue weighted by Crippen LogP contribution is -2.36. The lowest BCUT2D eigenvalue weighted by molar-refractivity contribution is 0.0722. The average Bonchev–Trinajstić information content (AvgIpc) is 2.76. The van der Waals surface area contributed by atoms with Crippen molar-refractivity contribution in [3.8, 4) is 11.8 Å². The van der Waals surface area contributed by atoms with Crippen molar-refractivity contribution in [2.24, 2.45) is 0 Å². The highest BCUT2D eigenvalue weighted by Gasteiger charge is 2.24. The summed E-state index contributed by atoms with van der Waals surface area (Å²) in [5.74, 6) is 5.54. The first-order chi connectivity index (χ1) is 9.74. The average molecular weight is 291 g/mol. The van der Waals surface area contributed by atoms with Gasteiger partial charge < -0.3 is 10.0 Å². The molecule has 20 heavy (non-hydrogen) atoms. The van der Waals surface area contributed by atoms with E-state index in [-0.39, 0.29) is 12.5 Å². The van der Waals surface area contributed by atoms with Gasteiger partial charge in [-0.05, 0) is 24.3 Å². The molecule has 0 aliphatic heterocycles. The number of aliphatic hydroxyl groups is 1. The maximum Gasteiger partial charge on any atom is 0.265 e. The fourth-order valence-corrected chi connectivity index (χ4v) is 3.51. The van der Waals surface area contributed by atoms with Gasteiger partial charge in [-0.2, -0.15) is 0 Å². The van der Waals surface area contributed by atoms with E-state index in [1.54, 1.807) is 0 Å². The summed E-state index contributed by atoms with van der Waals surface area (Å²) in [6.45, 7) is -0.179. The second-order valence-electron chi connectivity index (χ2n) is 5.18. The first-order valence-corrected chi connectivity index (χ1v) is 8.06. The smallest absolute Gasteiger partial charge is 0.265 e. The highest BCUT2D eigenvalue weighted by Crippen LogP contribution is 2.24. The highest BCUT2D eigenvalue weighted by atomic mass is 32.1. The quantitative estimate of drug-likeness (QED) is 0.672. The Hall–Kier alpha value is -1.31. The second kappa shape index (κ2) is 7.47. The van der Waals surface area contributed by atoms with Crippen LogP contribution in [0.2, 0.25) is 0 Å². The number of amides is 1. The van der Waals surface area contributed by atoms with Gasteiger partial charge >= 0.3 is 0 Å². The summed E-state index contributed by atoms with van der Waals surface area (Å²) in [5.41, 5.74) is 0.731. The summed E-state index contributed by atoms with van der Waals surface area (Å²) in [5, 5.41) is 10.7. The minimum atomic E-state index is -0.179. The Morgan fingerprint density at radius 2 is 2.10 bits per heavy atom. The molecule has 1 saturated carbocycles. The van der Waals surface area contributed by atoms with Crippen molar-refractivity contribution in [1.29, 1.82) is 0 Å². The van der Waals surface area contributed by atoms with E-state index in [2.05, 4.69) is 11.8 Å². The first kappa shape index (κ1) is 15.1. The van der Waals surface area contributed by atoms with Crippen LogP contribution in [0.1, 0.15) is 53.8 Å². The molecule has 1 amide bonds. The number of rotatable bonds is 2. The lowest BCUT2D eigenvalue weighted by Gasteiger charge is -2.27. The Morgan fingerprint density at radius 3 is 2.75 bits per heavy atom. The number of carbonyl (C=O) groups is 1. The van der Waals surface area contributed by atoms with Gasteiger partial charge in [0.1, 0.15) is 11.5 Å². The standard InChI is InChI=1S/C16H21NO2S/c1-17(14-8-4-2-3-5-9-14)16(19)15-13(7-6-11-18)10-12-20-15/h10,12,14,18H,2-5,8-9,11H2,1H3. The summed E-state index contributed by atoms with van der Waals surface area (Å²) < 4.78 is 0. The maximum atomic E-state index is 12.6. The Morgan fingerprint density at radius 1 is 1.40 bits per heavy atom. The molecule has 2 rings (SSSR count). The third kappa shape index (κ3) is 3.62. The molecule has 0 bridgehead atoms. The zero-order valence-corrected chi connectivity index (χ0v) is 12.7. The molecule has 1 aliphatic carbocycles. The Bertz CT molecular complexity index is 504. The molecule has 1 N–H and O–H groups in total. The molecular formula is C16H21NO2S. The molecule has 0 saturated heterocycles. The SMILES string of the molecule is CN(C(=O)c1sccc1C#CCO)C1CCCCCC1. The fourth-order valence-electron chi connectivity index (χ4n) is 2.68. The van der Waals surface area contributed by atoms with Crippen LogP contribution in [-0.2, 0) is 0 Å². The summed E-state index contributed by atoms with van der Waals surface area (Å²) in [6.07, 6.45) is 7.19. The number of aliphatic hydroxyl groups excluding tert-OH is 1. The molecule has 1 aliphatic rings. The zero-order chi connectivity index (χ0) is 14.4. The van der Waals surface area contributed by atoms with Crippen LogP contribution < -0.4 is 0 Å². The van der Waals surface area contributed by atoms with E-state index in [0.717, 1.165) is 18.4 Å². The van der Waals surface area contributed by atoms with Crippen molar-refractivity contribution < 1.29 is 9.90 Å². The van der Waals surface area contributed by atoms with Crippen molar-refractivity contribution in [3.05, 3.63) is 21.9 Å². The van der Waals surface area contributed by atoms with Crippen LogP contribution in [0.15, 0.2) is 11.4 Å². The predicted molar refractivity (Wildman–Crippen MR) is 81.9 cm³/mol. The minimum absolute atomic E-state index is 0.0640. The minimum Gasteiger partial charge on any atom is -0.384 e. The molecule has 1 aromatic heterocycles. The van der Waals surface area contributed by atoms with Crippen molar-refractivity contribution in [2.45, 2.75) is 44.6 Å². The van der Waals surface area contributed by atoms with Gasteiger partial charge in [0, 0.05) is 18.7 Å². The molecule has 1 heterocycles. The third-order valence-corrected chi connectivity index (χ3v) is 4.76. The van der Waals surface area contributed by atoms with Crippen LogP contribution in [0, 0.1) is 11.8 Å². The van der Waals surface area contributed by atoms with Gasteiger partial charge in [-0.15, -0.1) is 11.3 Å². The van der Waals surface area contributed by atoms with Gasteiger partial charge in [0.2, 0.25) is 0 Å². The summed E-state index contributed by atoms with van der Waals surface area (Å²) >= 11 is 1.43. The van der Waals surface area contributed by atoms with Crippen molar-refractivity contribution in [1.82, 2.24) is 4.90 Å². The predicted octanol–water partition coefficient (Wildman–Crippen LogP) is 2.89. The van der Waals surface area contributed by atoms with E-state index in [1.165, 1.54) is 37.0 Å². The molecule has 108 valence electrons. The van der Waals surface area contributed by atoms with Gasteiger partial charge in [-0.25, -0.2) is 0 Å². The van der Waals surface area contributed by atoms with E-state index in [9.17, 15) is 4.79 Å². The molecule has 0 atom stereocenters. The van der Waals surface area contributed by atoms with E-state index < -0.39 is 0 Å². The molecule has 3 nitrogen and oxygen atoms in total. The Kier molecular flexibility index (Phi) is 5.63. The summed E-state index contributed by atoms with van der Waals surface area (Å²) in [6, 6.07) is 2.20. The summed E-state index contributed by atoms with van der Waals surface area (Å²) in [7, 11) is 1.90. The lowest BCUT2D eigenvalue weighted by atomic mass is 10.1. The Labute approximate surface area is 124 Å². The van der Waals surface area contributed by atoms with E-state index in [4.69, 9.17) is 5.11 Å². The molecule has 0 spiro atoms. The monoisotopic (exact) mass is 291 g/mol. The van der Waals surface area contributed by atoms with Gasteiger partial charge in [0.15, 0.2) is 0 Å². The molecule has 1 aromatic rings. The number of thiophene rings is 1. The van der Waals surface area contributed by atoms with Gasteiger partial charge in [0.25, 0.3) is 5.91 Å². The van der Waals surface area contributed by atoms with Crippen LogP contribution in [0.5, 0.6) is 0 Å². The fraction of sp³-hybridized carbons (Fsp3) is 0.562. The second-order valence-corrected chi connectivity index (χ2v) is 6.10. The zero-order valence-electron chi connectivity index (χ0n) is 11.9. The van der Waals surface area contributed by atoms with Crippen molar-refractivity contribution in [3.63, 3.8) is 0 Å². The topological polar surface area (TPSA) is 40.5 Å². The first-order valence-electron chi connectivity index (χ1n) is 7.18. The largest absolute Gasteiger partial charge is 0.384 e. The van der Waals surface area contributed by atoms with E-state index in [0.29, 0.717) is 10.9 Å². The van der Waals surface area contributed by atoms with Gasteiger partial charge in [0.05, 0.1) is 0 Å². The number of hydrogen-bond acceptors (Lipinski definition) is 3. The van der Waals surface area contributed by atoms with Gasteiger partial charge in [-0.3, -0.25) is 4.79 Å². The molecule has 1 fully saturated rings. The van der Waals surface area contributed by atoms with E-state index in [1.807, 2.05) is 23.4 Å². The molecule has 0 radical (unpaired) electrons. The van der Waals surface area contributed by atoms with Crippen LogP contribution in [-0.4, -0.2) is 35.6 Å². The normalized spacial score (nSPS) is 16.1. The highest BCUT2D eigenvalue weighted by molar-refractivity contribution is 7.12. The van der Waals surface area contributed by atoms with Crippen LogP contribution in [0.3, 0.4) is 0 Å². The number of carbonyl (C=O) groups excluding carboxylic acids is 1. The summed E-state index contributed by atoms with van der Waals surface area (Å²) in [4.78, 5) is 15.2. The number of nitrogens with zero attached hydrogens (tertiary/aromatic N) is 1. The molecule has 0 aromatic carbocycles. The van der Waals surface area contributed by atoms with Gasteiger partial charge in [-0.1, -0.05) is 37.5 Å². The molecule has 4 heteroatoms. The van der Waals surface area contributed by atoms with Crippen LogP contribution >= 0.6 is 11.3 Å². The molecule has 0 unspecified atom stereocenters. The molecular weight excluding hydrogens is 270 g/mol. The third-order valence-electron chi connectivity index (χ3n) is 3.85. The van der Waals surface area contributed by atoms with Crippen LogP contribution in [0.25, 0.3) is 0 Å². The van der Waals surface area contributed by atoms with Crippen molar-refractivity contribution in [2.75, 3.05) is 13.7 Å². The van der Waals surface area contributed by atoms with Crippen molar-refractivity contribution >= 4 is 17.2 Å².